The summed E-state index contributed by atoms with van der Waals surface area (Å²) in [5, 5.41) is 27.3. The van der Waals surface area contributed by atoms with Crippen LogP contribution in [0.15, 0.2) is 0 Å². The topological polar surface area (TPSA) is 144 Å². The summed E-state index contributed by atoms with van der Waals surface area (Å²) in [6.07, 6.45) is 0.583. The number of aliphatic carboxylic acids is 3. The normalized spacial score (nSPS) is 14.9. The number of hydrogen-bond acceptors (Lipinski definition) is 7. The van der Waals surface area contributed by atoms with Crippen molar-refractivity contribution in [2.24, 2.45) is 11.8 Å². The molecule has 28 heavy (non-hydrogen) atoms. The Morgan fingerprint density at radius 1 is 1.14 bits per heavy atom. The number of carboxylic acid groups (broad SMARTS) is 3. The van der Waals surface area contributed by atoms with Gasteiger partial charge in [-0.2, -0.15) is 0 Å². The van der Waals surface area contributed by atoms with Crippen LogP contribution in [0.1, 0.15) is 26.7 Å². The van der Waals surface area contributed by atoms with Gasteiger partial charge in [-0.3, -0.25) is 14.4 Å². The van der Waals surface area contributed by atoms with E-state index in [0.29, 0.717) is 37.1 Å². The van der Waals surface area contributed by atoms with Crippen molar-refractivity contribution in [1.82, 2.24) is 4.90 Å². The maximum atomic E-state index is 10.6. The zero-order chi connectivity index (χ0) is 22.5. The predicted octanol–water partition coefficient (Wildman–Crippen LogP) is -0.874. The largest absolute Gasteiger partial charge is 0.550 e. The Bertz CT molecular complexity index is 514. The van der Waals surface area contributed by atoms with Gasteiger partial charge in [-0.05, 0) is 21.0 Å². The molecule has 164 valence electrons. The molecule has 0 aromatic carbocycles. The molecule has 0 aliphatic carbocycles. The average Bonchev–Trinajstić information content (AvgIpc) is 2.51. The molecule has 10 heteroatoms. The van der Waals surface area contributed by atoms with E-state index in [1.165, 1.54) is 0 Å². The van der Waals surface area contributed by atoms with Gasteiger partial charge in [0, 0.05) is 18.9 Å². The lowest BCUT2D eigenvalue weighted by Gasteiger charge is -2.31. The first-order valence-corrected chi connectivity index (χ1v) is 8.95. The third kappa shape index (κ3) is 17.2. The SMILES string of the molecule is CC(CN(C)C)C(=O)O.CC(C[N+](C)(C)CCC(=O)[O-])C(=O)O.O=C1CCO1. The fraction of sp³-hybridized carbons (Fsp3) is 0.778. The summed E-state index contributed by atoms with van der Waals surface area (Å²) < 4.78 is 4.67. The number of carbonyl (C=O) groups excluding carboxylic acids is 2. The number of ether oxygens (including phenoxy) is 1. The Labute approximate surface area is 166 Å². The molecule has 1 rings (SSSR count). The van der Waals surface area contributed by atoms with Gasteiger partial charge in [-0.15, -0.1) is 0 Å². The number of nitrogens with zero attached hydrogens (tertiary/aromatic N) is 2. The van der Waals surface area contributed by atoms with Gasteiger partial charge in [0.2, 0.25) is 0 Å². The minimum absolute atomic E-state index is 0.0423. The lowest BCUT2D eigenvalue weighted by molar-refractivity contribution is -0.892. The monoisotopic (exact) mass is 406 g/mol. The Balaban J connectivity index is 0. The Morgan fingerprint density at radius 3 is 1.79 bits per heavy atom. The van der Waals surface area contributed by atoms with Crippen LogP contribution in [0.4, 0.5) is 0 Å². The first kappa shape index (κ1) is 28.0. The third-order valence-electron chi connectivity index (χ3n) is 3.74. The molecule has 0 bridgehead atoms. The van der Waals surface area contributed by atoms with E-state index >= 15 is 0 Å². The van der Waals surface area contributed by atoms with Crippen molar-refractivity contribution >= 4 is 23.9 Å². The zero-order valence-corrected chi connectivity index (χ0v) is 17.6. The fourth-order valence-corrected chi connectivity index (χ4v) is 2.12. The van der Waals surface area contributed by atoms with Crippen LogP contribution in [0.25, 0.3) is 0 Å². The molecule has 2 unspecified atom stereocenters. The van der Waals surface area contributed by atoms with E-state index in [1.54, 1.807) is 13.8 Å². The molecule has 1 fully saturated rings. The van der Waals surface area contributed by atoms with Gasteiger partial charge in [0.25, 0.3) is 0 Å². The van der Waals surface area contributed by atoms with Gasteiger partial charge in [0.15, 0.2) is 0 Å². The van der Waals surface area contributed by atoms with Crippen molar-refractivity contribution in [3.63, 3.8) is 0 Å². The van der Waals surface area contributed by atoms with Gasteiger partial charge >= 0.3 is 17.9 Å². The highest BCUT2D eigenvalue weighted by molar-refractivity contribution is 5.73. The van der Waals surface area contributed by atoms with Gasteiger partial charge in [0.05, 0.1) is 39.5 Å². The van der Waals surface area contributed by atoms with Gasteiger partial charge < -0.3 is 34.2 Å². The predicted molar refractivity (Wildman–Crippen MR) is 99.2 cm³/mol. The molecular weight excluding hydrogens is 372 g/mol. The molecule has 10 nitrogen and oxygen atoms in total. The summed E-state index contributed by atoms with van der Waals surface area (Å²) in [4.78, 5) is 42.5. The van der Waals surface area contributed by atoms with Crippen LogP contribution >= 0.6 is 0 Å². The van der Waals surface area contributed by atoms with Crippen LogP contribution in [-0.4, -0.2) is 97.9 Å². The molecule has 2 N–H and O–H groups in total. The van der Waals surface area contributed by atoms with Crippen molar-refractivity contribution in [1.29, 1.82) is 0 Å². The van der Waals surface area contributed by atoms with Crippen molar-refractivity contribution in [2.45, 2.75) is 26.7 Å². The highest BCUT2D eigenvalue weighted by Crippen LogP contribution is 2.06. The molecular formula is C18H34N2O8. The summed E-state index contributed by atoms with van der Waals surface area (Å²) in [5.41, 5.74) is 0. The summed E-state index contributed by atoms with van der Waals surface area (Å²) >= 11 is 0. The number of esters is 1. The van der Waals surface area contributed by atoms with E-state index in [-0.39, 0.29) is 18.3 Å². The standard InChI is InChI=1S/C9H17NO4.C6H13NO2.C3H4O2/c1-7(9(13)14)6-10(2,3)5-4-8(11)12;1-5(6(8)9)4-7(2)3;4-3-1-2-5-3/h7H,4-6H2,1-3H3,(H-,11,12,13,14);5H,4H2,1-3H3,(H,8,9);1-2H2. The lowest BCUT2D eigenvalue weighted by Crippen LogP contribution is -2.46. The molecule has 0 aromatic rings. The smallest absolute Gasteiger partial charge is 0.311 e. The van der Waals surface area contributed by atoms with E-state index in [9.17, 15) is 24.3 Å². The van der Waals surface area contributed by atoms with Gasteiger partial charge in [-0.25, -0.2) is 0 Å². The molecule has 1 heterocycles. The molecule has 0 amide bonds. The van der Waals surface area contributed by atoms with Crippen molar-refractivity contribution in [3.8, 4) is 0 Å². The van der Waals surface area contributed by atoms with Gasteiger partial charge in [0.1, 0.15) is 12.5 Å². The van der Waals surface area contributed by atoms with Crippen LogP contribution in [0.3, 0.4) is 0 Å². The van der Waals surface area contributed by atoms with Crippen molar-refractivity contribution < 1.29 is 43.7 Å². The summed E-state index contributed by atoms with van der Waals surface area (Å²) in [7, 11) is 7.34. The zero-order valence-electron chi connectivity index (χ0n) is 17.6. The van der Waals surface area contributed by atoms with E-state index in [0.717, 1.165) is 0 Å². The Kier molecular flexibility index (Phi) is 13.9. The van der Waals surface area contributed by atoms with Crippen LogP contribution in [0, 0.1) is 11.8 Å². The van der Waals surface area contributed by atoms with Crippen LogP contribution in [-0.2, 0) is 23.9 Å². The van der Waals surface area contributed by atoms with Crippen molar-refractivity contribution in [3.05, 3.63) is 0 Å². The third-order valence-corrected chi connectivity index (χ3v) is 3.74. The molecule has 0 saturated carbocycles. The molecule has 0 radical (unpaired) electrons. The Morgan fingerprint density at radius 2 is 1.57 bits per heavy atom. The van der Waals surface area contributed by atoms with E-state index in [1.807, 2.05) is 33.1 Å². The average molecular weight is 406 g/mol. The fourth-order valence-electron chi connectivity index (χ4n) is 2.12. The number of carboxylic acids is 3. The maximum absolute atomic E-state index is 10.6. The minimum Gasteiger partial charge on any atom is -0.550 e. The minimum atomic E-state index is -1.10. The van der Waals surface area contributed by atoms with Crippen LogP contribution in [0.2, 0.25) is 0 Å². The molecule has 1 saturated heterocycles. The first-order valence-electron chi connectivity index (χ1n) is 8.95. The Hall–Kier alpha value is -2.20. The second kappa shape index (κ2) is 13.9. The first-order chi connectivity index (χ1) is 12.7. The summed E-state index contributed by atoms with van der Waals surface area (Å²) in [6.45, 7) is 5.36. The lowest BCUT2D eigenvalue weighted by atomic mass is 10.1. The number of hydrogen-bond donors (Lipinski definition) is 2. The number of cyclic esters (lactones) is 1. The second-order valence-corrected chi connectivity index (χ2v) is 7.68. The molecule has 0 aromatic heterocycles. The number of carbonyl (C=O) groups is 4. The van der Waals surface area contributed by atoms with E-state index < -0.39 is 23.8 Å². The van der Waals surface area contributed by atoms with Crippen LogP contribution in [0.5, 0.6) is 0 Å². The molecule has 2 atom stereocenters. The summed E-state index contributed by atoms with van der Waals surface area (Å²) in [5.74, 6) is -3.48. The van der Waals surface area contributed by atoms with Gasteiger partial charge in [-0.1, -0.05) is 6.92 Å². The quantitative estimate of drug-likeness (QED) is 0.368. The van der Waals surface area contributed by atoms with Crippen molar-refractivity contribution in [2.75, 3.05) is 54.4 Å². The molecule has 0 spiro atoms. The highest BCUT2D eigenvalue weighted by atomic mass is 16.6. The second-order valence-electron chi connectivity index (χ2n) is 7.68. The van der Waals surface area contributed by atoms with E-state index in [2.05, 4.69) is 4.74 Å². The summed E-state index contributed by atoms with van der Waals surface area (Å²) in [6, 6.07) is 0. The highest BCUT2D eigenvalue weighted by Gasteiger charge is 2.23. The molecule has 1 aliphatic rings. The van der Waals surface area contributed by atoms with E-state index in [4.69, 9.17) is 10.2 Å². The van der Waals surface area contributed by atoms with Crippen LogP contribution < -0.4 is 5.11 Å². The molecule has 1 aliphatic heterocycles. The number of quaternary nitrogens is 1. The maximum Gasteiger partial charge on any atom is 0.311 e. The number of rotatable bonds is 9.